The maximum Gasteiger partial charge on any atom is 0.189 e. The molecule has 9 heavy (non-hydrogen) atoms. The van der Waals surface area contributed by atoms with Crippen molar-refractivity contribution in [1.82, 2.24) is 0 Å². The van der Waals surface area contributed by atoms with Crippen molar-refractivity contribution in [1.29, 1.82) is 0 Å². The lowest BCUT2D eigenvalue weighted by Gasteiger charge is -2.39. The molecule has 0 bridgehead atoms. The fourth-order valence-electron chi connectivity index (χ4n) is 0.795. The van der Waals surface area contributed by atoms with E-state index in [1.807, 2.05) is 18.4 Å². The molecular formula is C6H12O3. The Morgan fingerprint density at radius 1 is 1.56 bits per heavy atom. The second-order valence-electron chi connectivity index (χ2n) is 2.86. The van der Waals surface area contributed by atoms with Crippen molar-refractivity contribution in [2.45, 2.75) is 19.4 Å². The lowest BCUT2D eigenvalue weighted by molar-refractivity contribution is -0.827. The van der Waals surface area contributed by atoms with Gasteiger partial charge in [0.2, 0.25) is 0 Å². The molecule has 1 fully saturated rings. The average Bonchev–Trinajstić information content (AvgIpc) is 1.77. The molecule has 0 aromatic rings. The van der Waals surface area contributed by atoms with Crippen LogP contribution in [0.1, 0.15) is 13.8 Å². The maximum absolute atomic E-state index is 10.9. The predicted octanol–water partition coefficient (Wildman–Crippen LogP) is -0.377. The Morgan fingerprint density at radius 2 is 2.22 bits per heavy atom. The van der Waals surface area contributed by atoms with Crippen molar-refractivity contribution in [2.24, 2.45) is 0 Å². The summed E-state index contributed by atoms with van der Waals surface area (Å²) in [5.41, 5.74) is -0.391. The quantitative estimate of drug-likeness (QED) is 0.333. The molecular weight excluding hydrogens is 120 g/mol. The molecule has 0 radical (unpaired) electrons. The van der Waals surface area contributed by atoms with E-state index in [9.17, 15) is 5.26 Å². The van der Waals surface area contributed by atoms with Gasteiger partial charge in [-0.3, -0.25) is 0 Å². The van der Waals surface area contributed by atoms with E-state index in [0.717, 1.165) is 0 Å². The van der Waals surface area contributed by atoms with Gasteiger partial charge in [-0.05, 0) is 0 Å². The van der Waals surface area contributed by atoms with E-state index < -0.39 is 5.60 Å². The van der Waals surface area contributed by atoms with Gasteiger partial charge in [-0.15, -0.1) is 0 Å². The highest BCUT2D eigenvalue weighted by Gasteiger charge is 2.31. The summed E-state index contributed by atoms with van der Waals surface area (Å²) in [4.78, 5) is 0. The molecule has 0 saturated carbocycles. The van der Waals surface area contributed by atoms with E-state index in [0.29, 0.717) is 19.8 Å². The molecule has 1 saturated heterocycles. The van der Waals surface area contributed by atoms with Gasteiger partial charge in [-0.1, -0.05) is 0 Å². The van der Waals surface area contributed by atoms with Gasteiger partial charge < -0.3 is 14.5 Å². The van der Waals surface area contributed by atoms with Crippen molar-refractivity contribution >= 4 is 0 Å². The van der Waals surface area contributed by atoms with Gasteiger partial charge >= 0.3 is 0 Å². The second-order valence-corrected chi connectivity index (χ2v) is 2.86. The van der Waals surface area contributed by atoms with Gasteiger partial charge in [0, 0.05) is 13.8 Å². The molecule has 0 spiro atoms. The average molecular weight is 132 g/mol. The third kappa shape index (κ3) is 1.41. The van der Waals surface area contributed by atoms with Crippen molar-refractivity contribution in [3.05, 3.63) is 0 Å². The van der Waals surface area contributed by atoms with Gasteiger partial charge in [0.15, 0.2) is 12.2 Å². The minimum atomic E-state index is -0.391. The summed E-state index contributed by atoms with van der Waals surface area (Å²) >= 11 is 0. The van der Waals surface area contributed by atoms with Crippen LogP contribution in [0.25, 0.3) is 0 Å². The molecule has 1 heterocycles. The fourth-order valence-corrected chi connectivity index (χ4v) is 0.795. The zero-order valence-corrected chi connectivity index (χ0v) is 5.85. The fraction of sp³-hybridized carbons (Fsp3) is 1.00. The molecule has 0 amide bonds. The van der Waals surface area contributed by atoms with Crippen LogP contribution in [0.4, 0.5) is 0 Å². The maximum atomic E-state index is 10.9. The Bertz CT molecular complexity index is 100. The Labute approximate surface area is 54.8 Å². The van der Waals surface area contributed by atoms with Crippen molar-refractivity contribution in [2.75, 3.05) is 19.8 Å². The van der Waals surface area contributed by atoms with Crippen LogP contribution in [-0.4, -0.2) is 25.4 Å². The first-order valence-corrected chi connectivity index (χ1v) is 3.09. The van der Waals surface area contributed by atoms with E-state index in [2.05, 4.69) is 0 Å². The zero-order chi connectivity index (χ0) is 6.91. The summed E-state index contributed by atoms with van der Waals surface area (Å²) in [6, 6.07) is 0. The van der Waals surface area contributed by atoms with Gasteiger partial charge in [0.25, 0.3) is 0 Å². The summed E-state index contributed by atoms with van der Waals surface area (Å²) in [5, 5.41) is 10.9. The van der Waals surface area contributed by atoms with Gasteiger partial charge in [0.1, 0.15) is 13.2 Å². The smallest absolute Gasteiger partial charge is 0.189 e. The Kier molecular flexibility index (Phi) is 1.75. The van der Waals surface area contributed by atoms with Gasteiger partial charge in [0.05, 0.1) is 0 Å². The van der Waals surface area contributed by atoms with Crippen LogP contribution >= 0.6 is 0 Å². The van der Waals surface area contributed by atoms with Crippen molar-refractivity contribution in [3.63, 3.8) is 0 Å². The van der Waals surface area contributed by atoms with Crippen LogP contribution in [0, 0.1) is 0 Å². The Morgan fingerprint density at radius 3 is 2.56 bits per heavy atom. The first-order valence-electron chi connectivity index (χ1n) is 3.09. The van der Waals surface area contributed by atoms with Gasteiger partial charge in [-0.2, -0.15) is 0 Å². The Balaban J connectivity index is 2.49. The summed E-state index contributed by atoms with van der Waals surface area (Å²) < 4.78 is 6.92. The first-order chi connectivity index (χ1) is 4.13. The highest BCUT2D eigenvalue weighted by Crippen LogP contribution is 2.17. The lowest BCUT2D eigenvalue weighted by Crippen LogP contribution is -2.52. The second kappa shape index (κ2) is 2.25. The number of ether oxygens (including phenoxy) is 1. The molecule has 3 nitrogen and oxygen atoms in total. The molecule has 0 aliphatic carbocycles. The molecule has 0 N–H and O–H groups in total. The summed E-state index contributed by atoms with van der Waals surface area (Å²) in [5.74, 6) is 0. The SMILES string of the molecule is CC1(C)COCC[O+]1[O-]. The molecule has 1 aliphatic rings. The first kappa shape index (κ1) is 6.99. The lowest BCUT2D eigenvalue weighted by atomic mass is 10.1. The predicted molar refractivity (Wildman–Crippen MR) is 30.8 cm³/mol. The standard InChI is InChI=1S/C6H12O3/c1-6(2)5-8-3-4-9(6)7/h3-5H2,1-2H3. The number of rotatable bonds is 0. The van der Waals surface area contributed by atoms with E-state index in [-0.39, 0.29) is 0 Å². The van der Waals surface area contributed by atoms with Crippen LogP contribution in [0.2, 0.25) is 0 Å². The van der Waals surface area contributed by atoms with E-state index in [4.69, 9.17) is 4.74 Å². The third-order valence-electron chi connectivity index (χ3n) is 1.48. The zero-order valence-electron chi connectivity index (χ0n) is 5.85. The molecule has 1 aliphatic heterocycles. The Hall–Kier alpha value is -0.120. The van der Waals surface area contributed by atoms with E-state index in [1.54, 1.807) is 0 Å². The van der Waals surface area contributed by atoms with Crippen LogP contribution in [0.3, 0.4) is 0 Å². The van der Waals surface area contributed by atoms with E-state index >= 15 is 0 Å². The minimum Gasteiger partial charge on any atom is -0.534 e. The highest BCUT2D eigenvalue weighted by molar-refractivity contribution is 4.70. The van der Waals surface area contributed by atoms with Crippen LogP contribution in [0.5, 0.6) is 0 Å². The summed E-state index contributed by atoms with van der Waals surface area (Å²) in [6.07, 6.45) is 0. The molecule has 0 atom stereocenters. The van der Waals surface area contributed by atoms with Crippen molar-refractivity contribution in [3.8, 4) is 0 Å². The van der Waals surface area contributed by atoms with Crippen LogP contribution in [-0.2, 0) is 9.25 Å². The molecule has 0 aromatic heterocycles. The molecule has 0 unspecified atom stereocenters. The number of hydrogen-bond acceptors (Lipinski definition) is 2. The minimum absolute atomic E-state index is 0.391. The molecule has 1 rings (SSSR count). The number of hydrogen-bond donors (Lipinski definition) is 0. The van der Waals surface area contributed by atoms with E-state index in [1.165, 1.54) is 0 Å². The van der Waals surface area contributed by atoms with Crippen LogP contribution < -0.4 is 5.26 Å². The van der Waals surface area contributed by atoms with Crippen molar-refractivity contribution < 1.29 is 14.5 Å². The molecule has 54 valence electrons. The highest BCUT2D eigenvalue weighted by atomic mass is 17.2. The summed E-state index contributed by atoms with van der Waals surface area (Å²) in [6.45, 7) is 5.18. The monoisotopic (exact) mass is 132 g/mol. The topological polar surface area (TPSA) is 35.0 Å². The summed E-state index contributed by atoms with van der Waals surface area (Å²) in [7, 11) is 0. The van der Waals surface area contributed by atoms with Gasteiger partial charge in [-0.25, -0.2) is 0 Å². The van der Waals surface area contributed by atoms with Crippen LogP contribution in [0.15, 0.2) is 0 Å². The normalized spacial score (nSPS) is 28.3. The third-order valence-corrected chi connectivity index (χ3v) is 1.48. The molecule has 3 heteroatoms. The molecule has 0 aromatic carbocycles. The largest absolute Gasteiger partial charge is 0.534 e.